The minimum atomic E-state index is -0.889. The van der Waals surface area contributed by atoms with Crippen molar-refractivity contribution in [1.29, 1.82) is 0 Å². The third-order valence-electron chi connectivity index (χ3n) is 9.33. The molecule has 49 heavy (non-hydrogen) atoms. The van der Waals surface area contributed by atoms with Crippen LogP contribution in [0.5, 0.6) is 17.4 Å². The molecule has 2 heterocycles. The van der Waals surface area contributed by atoms with Gasteiger partial charge in [0.2, 0.25) is 5.88 Å². The molecule has 0 radical (unpaired) electrons. The number of aliphatic carboxylic acids is 2. The molecular formula is C37H39ClN4O7. The summed E-state index contributed by atoms with van der Waals surface area (Å²) < 4.78 is 17.9. The van der Waals surface area contributed by atoms with Crippen LogP contribution >= 0.6 is 11.6 Å². The quantitative estimate of drug-likeness (QED) is 0.110. The van der Waals surface area contributed by atoms with E-state index in [4.69, 9.17) is 25.8 Å². The molecule has 6 rings (SSSR count). The number of benzene rings is 2. The molecular weight excluding hydrogens is 648 g/mol. The fourth-order valence-electron chi connectivity index (χ4n) is 5.74. The van der Waals surface area contributed by atoms with E-state index in [0.717, 1.165) is 39.3 Å². The van der Waals surface area contributed by atoms with Crippen molar-refractivity contribution in [1.82, 2.24) is 20.6 Å². The Kier molecular flexibility index (Phi) is 9.78. The molecule has 0 aliphatic heterocycles. The van der Waals surface area contributed by atoms with E-state index in [2.05, 4.69) is 20.6 Å². The summed E-state index contributed by atoms with van der Waals surface area (Å²) in [7, 11) is 1.52. The van der Waals surface area contributed by atoms with E-state index in [9.17, 15) is 19.8 Å². The topological polar surface area (TPSA) is 152 Å². The Balaban J connectivity index is 1.10. The van der Waals surface area contributed by atoms with Crippen LogP contribution in [0.25, 0.3) is 11.1 Å². The number of carboxylic acid groups (broad SMARTS) is 2. The Morgan fingerprint density at radius 3 is 1.92 bits per heavy atom. The molecule has 0 spiro atoms. The monoisotopic (exact) mass is 686 g/mol. The Hall–Kier alpha value is -4.71. The van der Waals surface area contributed by atoms with Gasteiger partial charge >= 0.3 is 11.9 Å². The molecule has 0 unspecified atom stereocenters. The fourth-order valence-corrected chi connectivity index (χ4v) is 5.97. The molecule has 256 valence electrons. The average Bonchev–Trinajstić information content (AvgIpc) is 4.03. The third kappa shape index (κ3) is 7.49. The lowest BCUT2D eigenvalue weighted by Gasteiger charge is -2.18. The van der Waals surface area contributed by atoms with E-state index in [1.165, 1.54) is 7.11 Å². The second-order valence-electron chi connectivity index (χ2n) is 12.7. The molecule has 0 bridgehead atoms. The Morgan fingerprint density at radius 1 is 0.837 bits per heavy atom. The molecule has 2 fully saturated rings. The first kappa shape index (κ1) is 34.2. The van der Waals surface area contributed by atoms with Crippen molar-refractivity contribution in [2.45, 2.75) is 76.9 Å². The first-order chi connectivity index (χ1) is 23.5. The van der Waals surface area contributed by atoms with E-state index in [1.807, 2.05) is 62.4 Å². The van der Waals surface area contributed by atoms with Gasteiger partial charge in [0.05, 0.1) is 17.8 Å². The molecule has 4 aromatic rings. The zero-order chi connectivity index (χ0) is 34.8. The van der Waals surface area contributed by atoms with Crippen molar-refractivity contribution in [2.24, 2.45) is 0 Å². The van der Waals surface area contributed by atoms with Crippen molar-refractivity contribution in [3.8, 4) is 28.5 Å². The molecule has 2 aliphatic rings. The van der Waals surface area contributed by atoms with Crippen LogP contribution < -0.4 is 24.8 Å². The van der Waals surface area contributed by atoms with Gasteiger partial charge in [0.1, 0.15) is 41.5 Å². The van der Waals surface area contributed by atoms with Crippen LogP contribution in [-0.2, 0) is 35.9 Å². The van der Waals surface area contributed by atoms with Crippen LogP contribution in [0.3, 0.4) is 0 Å². The van der Waals surface area contributed by atoms with Crippen molar-refractivity contribution in [3.63, 3.8) is 0 Å². The number of nitrogens with zero attached hydrogens (tertiary/aromatic N) is 2. The predicted octanol–water partition coefficient (Wildman–Crippen LogP) is 5.99. The third-order valence-corrected chi connectivity index (χ3v) is 9.66. The highest BCUT2D eigenvalue weighted by molar-refractivity contribution is 6.31. The van der Waals surface area contributed by atoms with Gasteiger partial charge in [0, 0.05) is 24.8 Å². The summed E-state index contributed by atoms with van der Waals surface area (Å²) in [6, 6.07) is 17.4. The van der Waals surface area contributed by atoms with Gasteiger partial charge in [-0.15, -0.1) is 0 Å². The van der Waals surface area contributed by atoms with Crippen LogP contribution in [0.4, 0.5) is 0 Å². The number of hydrogen-bond donors (Lipinski definition) is 4. The molecule has 0 amide bonds. The lowest BCUT2D eigenvalue weighted by molar-refractivity contribution is -0.141. The molecule has 2 saturated carbocycles. The standard InChI is InChI=1S/C37H39ClN4O7/c1-22-27(6-4-8-31(22)48-20-26-11-10-24(17-39-26)18-40-36(12-13-36)34(43)44)28-7-5-9-32(23(28)2)49-21-30-29(38)16-25(33(42-30)47-3)19-41-37(14-15-37)35(45)46/h4-11,16-17,40-41H,12-15,18-21H2,1-3H3,(H,43,44)(H,45,46). The normalized spacial score (nSPS) is 15.3. The molecule has 0 saturated heterocycles. The van der Waals surface area contributed by atoms with E-state index in [0.29, 0.717) is 60.1 Å². The van der Waals surface area contributed by atoms with Crippen LogP contribution in [0.1, 0.15) is 59.3 Å². The maximum atomic E-state index is 11.5. The summed E-state index contributed by atoms with van der Waals surface area (Å²) in [5.74, 6) is 0.108. The summed E-state index contributed by atoms with van der Waals surface area (Å²) in [5.41, 5.74) is 5.09. The van der Waals surface area contributed by atoms with Gasteiger partial charge in [0.25, 0.3) is 0 Å². The molecule has 11 nitrogen and oxygen atoms in total. The van der Waals surface area contributed by atoms with Crippen LogP contribution in [0, 0.1) is 13.8 Å². The molecule has 4 N–H and O–H groups in total. The zero-order valence-electron chi connectivity index (χ0n) is 27.6. The highest BCUT2D eigenvalue weighted by Gasteiger charge is 2.50. The number of carbonyl (C=O) groups is 2. The fraction of sp³-hybridized carbons (Fsp3) is 0.351. The number of rotatable bonds is 16. The number of ether oxygens (including phenoxy) is 3. The van der Waals surface area contributed by atoms with Crippen LogP contribution in [0.15, 0.2) is 60.8 Å². The second-order valence-corrected chi connectivity index (χ2v) is 13.1. The highest BCUT2D eigenvalue weighted by atomic mass is 35.5. The average molecular weight is 687 g/mol. The second kappa shape index (κ2) is 14.0. The summed E-state index contributed by atoms with van der Waals surface area (Å²) in [4.78, 5) is 32.0. The largest absolute Gasteiger partial charge is 0.487 e. The van der Waals surface area contributed by atoms with Gasteiger partial charge < -0.3 is 24.4 Å². The maximum absolute atomic E-state index is 11.5. The SMILES string of the molecule is COc1nc(COc2cccc(-c3cccc(OCc4ccc(CNC5(C(=O)O)CC5)cn4)c3C)c2C)c(Cl)cc1CNC1(C(=O)O)CC1. The zero-order valence-corrected chi connectivity index (χ0v) is 28.4. The Bertz CT molecular complexity index is 1870. The lowest BCUT2D eigenvalue weighted by atomic mass is 9.95. The number of nitrogens with one attached hydrogen (secondary N) is 2. The maximum Gasteiger partial charge on any atom is 0.323 e. The summed E-state index contributed by atoms with van der Waals surface area (Å²) >= 11 is 6.60. The first-order valence-electron chi connectivity index (χ1n) is 16.1. The van der Waals surface area contributed by atoms with Crippen molar-refractivity contribution < 1.29 is 34.0 Å². The van der Waals surface area contributed by atoms with Gasteiger partial charge in [-0.3, -0.25) is 25.2 Å². The number of carboxylic acids is 2. The summed E-state index contributed by atoms with van der Waals surface area (Å²) in [6.07, 6.45) is 4.20. The van der Waals surface area contributed by atoms with Crippen molar-refractivity contribution >= 4 is 23.5 Å². The molecule has 2 aromatic heterocycles. The predicted molar refractivity (Wildman–Crippen MR) is 183 cm³/mol. The smallest absolute Gasteiger partial charge is 0.323 e. The number of aromatic nitrogens is 2. The molecule has 2 aliphatic carbocycles. The molecule has 2 aromatic carbocycles. The van der Waals surface area contributed by atoms with E-state index in [-0.39, 0.29) is 19.8 Å². The van der Waals surface area contributed by atoms with Gasteiger partial charge in [-0.1, -0.05) is 41.9 Å². The number of halogens is 1. The number of pyridine rings is 2. The van der Waals surface area contributed by atoms with E-state index in [1.54, 1.807) is 12.3 Å². The Morgan fingerprint density at radius 2 is 1.41 bits per heavy atom. The van der Waals surface area contributed by atoms with Gasteiger partial charge in [-0.2, -0.15) is 0 Å². The van der Waals surface area contributed by atoms with Crippen molar-refractivity contribution in [2.75, 3.05) is 7.11 Å². The number of methoxy groups -OCH3 is 1. The van der Waals surface area contributed by atoms with E-state index < -0.39 is 23.0 Å². The van der Waals surface area contributed by atoms with Gasteiger partial charge in [-0.25, -0.2) is 4.98 Å². The minimum Gasteiger partial charge on any atom is -0.487 e. The molecule has 0 atom stereocenters. The van der Waals surface area contributed by atoms with Crippen molar-refractivity contribution in [3.05, 3.63) is 99.5 Å². The first-order valence-corrected chi connectivity index (χ1v) is 16.5. The summed E-state index contributed by atoms with van der Waals surface area (Å²) in [6.45, 7) is 5.12. The highest BCUT2D eigenvalue weighted by Crippen LogP contribution is 2.38. The Labute approximate surface area is 289 Å². The summed E-state index contributed by atoms with van der Waals surface area (Å²) in [5, 5.41) is 25.5. The lowest BCUT2D eigenvalue weighted by Crippen LogP contribution is -2.38. The number of hydrogen-bond acceptors (Lipinski definition) is 9. The van der Waals surface area contributed by atoms with Gasteiger partial charge in [0.15, 0.2) is 0 Å². The molecule has 12 heteroatoms. The van der Waals surface area contributed by atoms with Crippen LogP contribution in [-0.4, -0.2) is 50.3 Å². The van der Waals surface area contributed by atoms with Gasteiger partial charge in [-0.05, 0) is 91.6 Å². The minimum absolute atomic E-state index is 0.108. The van der Waals surface area contributed by atoms with E-state index >= 15 is 0 Å². The van der Waals surface area contributed by atoms with Crippen LogP contribution in [0.2, 0.25) is 5.02 Å².